The van der Waals surface area contributed by atoms with Gasteiger partial charge in [-0.25, -0.2) is 9.97 Å². The maximum absolute atomic E-state index is 5.75. The molecule has 0 saturated carbocycles. The molecule has 0 spiro atoms. The Balaban J connectivity index is 1.46. The van der Waals surface area contributed by atoms with E-state index in [1.165, 1.54) is 24.9 Å². The molecule has 0 amide bonds. The SMILES string of the molecule is CCC1CCCN(c2ccc(-c3onc4ccc(-c5ccnc(N)n5)cc34)cc2)C1. The molecule has 6 heteroatoms. The fraction of sp³-hybridized carbons (Fsp3) is 0.292. The van der Waals surface area contributed by atoms with Gasteiger partial charge in [-0.15, -0.1) is 0 Å². The zero-order valence-electron chi connectivity index (χ0n) is 17.1. The van der Waals surface area contributed by atoms with Crippen molar-refractivity contribution in [3.8, 4) is 22.6 Å². The van der Waals surface area contributed by atoms with E-state index in [1.54, 1.807) is 6.20 Å². The van der Waals surface area contributed by atoms with Crippen molar-refractivity contribution in [1.29, 1.82) is 0 Å². The van der Waals surface area contributed by atoms with Crippen LogP contribution in [0.1, 0.15) is 26.2 Å². The lowest BCUT2D eigenvalue weighted by molar-refractivity contribution is 0.405. The van der Waals surface area contributed by atoms with Gasteiger partial charge in [-0.2, -0.15) is 0 Å². The molecule has 1 saturated heterocycles. The molecule has 1 aliphatic rings. The average molecular weight is 399 g/mol. The first kappa shape index (κ1) is 18.6. The van der Waals surface area contributed by atoms with E-state index in [0.717, 1.165) is 52.5 Å². The fourth-order valence-corrected chi connectivity index (χ4v) is 4.30. The minimum Gasteiger partial charge on any atom is -0.371 e. The molecule has 0 aliphatic carbocycles. The molecule has 1 aliphatic heterocycles. The van der Waals surface area contributed by atoms with Gasteiger partial charge in [0.25, 0.3) is 0 Å². The molecule has 0 radical (unpaired) electrons. The summed E-state index contributed by atoms with van der Waals surface area (Å²) in [7, 11) is 0. The second kappa shape index (κ2) is 7.78. The molecule has 5 rings (SSSR count). The minimum atomic E-state index is 0.261. The second-order valence-electron chi connectivity index (χ2n) is 7.95. The van der Waals surface area contributed by atoms with Crippen LogP contribution >= 0.6 is 0 Å². The molecule has 6 nitrogen and oxygen atoms in total. The molecule has 30 heavy (non-hydrogen) atoms. The van der Waals surface area contributed by atoms with E-state index in [2.05, 4.69) is 51.2 Å². The van der Waals surface area contributed by atoms with Gasteiger partial charge in [-0.05, 0) is 61.2 Å². The van der Waals surface area contributed by atoms with Crippen molar-refractivity contribution in [3.05, 3.63) is 54.7 Å². The predicted molar refractivity (Wildman–Crippen MR) is 120 cm³/mol. The lowest BCUT2D eigenvalue weighted by atomic mass is 9.95. The zero-order chi connectivity index (χ0) is 20.5. The lowest BCUT2D eigenvalue weighted by Crippen LogP contribution is -2.35. The zero-order valence-corrected chi connectivity index (χ0v) is 17.1. The average Bonchev–Trinajstić information content (AvgIpc) is 3.22. The van der Waals surface area contributed by atoms with Crippen LogP contribution in [0.4, 0.5) is 11.6 Å². The van der Waals surface area contributed by atoms with Gasteiger partial charge in [0, 0.05) is 36.1 Å². The third-order valence-corrected chi connectivity index (χ3v) is 6.04. The van der Waals surface area contributed by atoms with Crippen molar-refractivity contribution in [2.75, 3.05) is 23.7 Å². The summed E-state index contributed by atoms with van der Waals surface area (Å²) in [5, 5.41) is 5.20. The number of nitrogens with zero attached hydrogens (tertiary/aromatic N) is 4. The maximum Gasteiger partial charge on any atom is 0.220 e. The number of aromatic nitrogens is 3. The summed E-state index contributed by atoms with van der Waals surface area (Å²) in [4.78, 5) is 10.8. The van der Waals surface area contributed by atoms with Gasteiger partial charge in [0.15, 0.2) is 5.76 Å². The van der Waals surface area contributed by atoms with Crippen molar-refractivity contribution in [2.45, 2.75) is 26.2 Å². The molecule has 0 bridgehead atoms. The van der Waals surface area contributed by atoms with Crippen molar-refractivity contribution in [1.82, 2.24) is 15.1 Å². The fourth-order valence-electron chi connectivity index (χ4n) is 4.30. The first-order chi connectivity index (χ1) is 14.7. The Kier molecular flexibility index (Phi) is 4.83. The molecule has 152 valence electrons. The normalized spacial score (nSPS) is 16.8. The highest BCUT2D eigenvalue weighted by Gasteiger charge is 2.19. The van der Waals surface area contributed by atoms with Gasteiger partial charge in [-0.3, -0.25) is 0 Å². The minimum absolute atomic E-state index is 0.261. The van der Waals surface area contributed by atoms with Crippen molar-refractivity contribution < 1.29 is 4.52 Å². The largest absolute Gasteiger partial charge is 0.371 e. The van der Waals surface area contributed by atoms with Crippen LogP contribution in [0.15, 0.2) is 59.3 Å². The van der Waals surface area contributed by atoms with Crippen molar-refractivity contribution >= 4 is 22.5 Å². The smallest absolute Gasteiger partial charge is 0.220 e. The quantitative estimate of drug-likeness (QED) is 0.510. The summed E-state index contributed by atoms with van der Waals surface area (Å²) in [6.45, 7) is 4.56. The van der Waals surface area contributed by atoms with E-state index in [4.69, 9.17) is 10.3 Å². The van der Waals surface area contributed by atoms with Crippen LogP contribution in [0.5, 0.6) is 0 Å². The van der Waals surface area contributed by atoms with E-state index in [1.807, 2.05) is 24.3 Å². The van der Waals surface area contributed by atoms with Gasteiger partial charge in [-0.1, -0.05) is 24.6 Å². The van der Waals surface area contributed by atoms with Crippen LogP contribution in [0, 0.1) is 5.92 Å². The van der Waals surface area contributed by atoms with Crippen LogP contribution in [0.25, 0.3) is 33.5 Å². The molecule has 1 atom stereocenters. The molecular formula is C24H25N5O. The third-order valence-electron chi connectivity index (χ3n) is 6.04. The number of nitrogens with two attached hydrogens (primary N) is 1. The van der Waals surface area contributed by atoms with Gasteiger partial charge in [0.2, 0.25) is 5.95 Å². The standard InChI is InChI=1S/C24H25N5O/c1-2-16-4-3-13-29(15-16)19-8-5-17(6-9-19)23-20-14-18(7-10-22(20)28-30-23)21-11-12-26-24(25)27-21/h5-12,14,16H,2-4,13,15H2,1H3,(H2,25,26,27). The van der Waals surface area contributed by atoms with E-state index in [0.29, 0.717) is 0 Å². The summed E-state index contributed by atoms with van der Waals surface area (Å²) in [6.07, 6.45) is 5.52. The van der Waals surface area contributed by atoms with Crippen LogP contribution in [-0.4, -0.2) is 28.2 Å². The van der Waals surface area contributed by atoms with Crippen molar-refractivity contribution in [2.24, 2.45) is 5.92 Å². The second-order valence-corrected chi connectivity index (χ2v) is 7.95. The number of fused-ring (bicyclic) bond motifs is 1. The van der Waals surface area contributed by atoms with Crippen LogP contribution < -0.4 is 10.6 Å². The number of hydrogen-bond acceptors (Lipinski definition) is 6. The molecule has 2 aromatic carbocycles. The van der Waals surface area contributed by atoms with E-state index in [9.17, 15) is 0 Å². The Bertz CT molecular complexity index is 1170. The summed E-state index contributed by atoms with van der Waals surface area (Å²) < 4.78 is 5.71. The number of anilines is 2. The van der Waals surface area contributed by atoms with Crippen LogP contribution in [0.3, 0.4) is 0 Å². The Morgan fingerprint density at radius 3 is 2.73 bits per heavy atom. The molecule has 2 N–H and O–H groups in total. The Morgan fingerprint density at radius 2 is 1.93 bits per heavy atom. The Hall–Kier alpha value is -3.41. The first-order valence-corrected chi connectivity index (χ1v) is 10.5. The summed E-state index contributed by atoms with van der Waals surface area (Å²) in [5.41, 5.74) is 10.6. The number of piperidine rings is 1. The first-order valence-electron chi connectivity index (χ1n) is 10.5. The van der Waals surface area contributed by atoms with Crippen LogP contribution in [-0.2, 0) is 0 Å². The topological polar surface area (TPSA) is 81.1 Å². The van der Waals surface area contributed by atoms with E-state index < -0.39 is 0 Å². The molecule has 3 heterocycles. The number of hydrogen-bond donors (Lipinski definition) is 1. The summed E-state index contributed by atoms with van der Waals surface area (Å²) in [5.74, 6) is 1.83. The highest BCUT2D eigenvalue weighted by atomic mass is 16.5. The number of rotatable bonds is 4. The van der Waals surface area contributed by atoms with E-state index >= 15 is 0 Å². The molecule has 2 aromatic heterocycles. The molecule has 1 fully saturated rings. The Morgan fingerprint density at radius 1 is 1.10 bits per heavy atom. The number of nitrogen functional groups attached to an aromatic ring is 1. The van der Waals surface area contributed by atoms with Crippen LogP contribution in [0.2, 0.25) is 0 Å². The summed E-state index contributed by atoms with van der Waals surface area (Å²) in [6, 6.07) is 16.5. The molecule has 1 unspecified atom stereocenters. The third kappa shape index (κ3) is 3.49. The van der Waals surface area contributed by atoms with E-state index in [-0.39, 0.29) is 5.95 Å². The molecule has 4 aromatic rings. The van der Waals surface area contributed by atoms with Crippen molar-refractivity contribution in [3.63, 3.8) is 0 Å². The predicted octanol–water partition coefficient (Wildman–Crippen LogP) is 5.16. The van der Waals surface area contributed by atoms with Gasteiger partial charge in [0.05, 0.1) is 11.1 Å². The number of benzene rings is 2. The highest BCUT2D eigenvalue weighted by Crippen LogP contribution is 2.33. The highest BCUT2D eigenvalue weighted by molar-refractivity contribution is 5.94. The summed E-state index contributed by atoms with van der Waals surface area (Å²) >= 11 is 0. The van der Waals surface area contributed by atoms with Gasteiger partial charge < -0.3 is 15.2 Å². The maximum atomic E-state index is 5.75. The Labute approximate surface area is 175 Å². The monoisotopic (exact) mass is 399 g/mol. The molecular weight excluding hydrogens is 374 g/mol. The van der Waals surface area contributed by atoms with Gasteiger partial charge in [0.1, 0.15) is 5.52 Å². The lowest BCUT2D eigenvalue weighted by Gasteiger charge is -2.34. The van der Waals surface area contributed by atoms with Gasteiger partial charge >= 0.3 is 0 Å².